The number of thiazole rings is 1. The molecule has 3 heterocycles. The lowest BCUT2D eigenvalue weighted by Gasteiger charge is -2.19. The van der Waals surface area contributed by atoms with Gasteiger partial charge in [0.2, 0.25) is 0 Å². The van der Waals surface area contributed by atoms with Gasteiger partial charge in [-0.05, 0) is 13.8 Å². The first-order valence-electron chi connectivity index (χ1n) is 6.87. The number of nitrogens with zero attached hydrogens (tertiary/aromatic N) is 3. The fourth-order valence-corrected chi connectivity index (χ4v) is 3.06. The second-order valence-electron chi connectivity index (χ2n) is 4.81. The largest absolute Gasteiger partial charge is 0.376 e. The monoisotopic (exact) mass is 290 g/mol. The van der Waals surface area contributed by atoms with Crippen molar-refractivity contribution in [2.75, 3.05) is 18.5 Å². The maximum absolute atomic E-state index is 5.51. The quantitative estimate of drug-likeness (QED) is 0.936. The van der Waals surface area contributed by atoms with Gasteiger partial charge in [-0.25, -0.2) is 15.0 Å². The summed E-state index contributed by atoms with van der Waals surface area (Å²) in [5, 5.41) is 6.45. The maximum atomic E-state index is 5.51. The van der Waals surface area contributed by atoms with Gasteiger partial charge in [0, 0.05) is 29.6 Å². The summed E-state index contributed by atoms with van der Waals surface area (Å²) >= 11 is 1.66. The molecule has 106 valence electrons. The topological polar surface area (TPSA) is 59.9 Å². The lowest BCUT2D eigenvalue weighted by molar-refractivity contribution is 0.109. The Morgan fingerprint density at radius 1 is 1.35 bits per heavy atom. The number of aryl methyl sites for hydroxylation is 1. The molecule has 20 heavy (non-hydrogen) atoms. The molecule has 2 aromatic rings. The van der Waals surface area contributed by atoms with E-state index in [0.717, 1.165) is 53.2 Å². The number of fused-ring (bicyclic) bond motifs is 1. The van der Waals surface area contributed by atoms with E-state index < -0.39 is 0 Å². The fraction of sp³-hybridized carbons (Fsp3) is 0.500. The number of hydrogen-bond donors (Lipinski definition) is 1. The zero-order chi connectivity index (χ0) is 13.9. The first-order valence-corrected chi connectivity index (χ1v) is 7.75. The molecule has 0 unspecified atom stereocenters. The molecule has 0 radical (unpaired) electrons. The van der Waals surface area contributed by atoms with Gasteiger partial charge in [0.25, 0.3) is 0 Å². The van der Waals surface area contributed by atoms with Gasteiger partial charge in [-0.1, -0.05) is 0 Å². The van der Waals surface area contributed by atoms with Crippen molar-refractivity contribution >= 4 is 17.2 Å². The second kappa shape index (κ2) is 5.85. The molecule has 2 aromatic heterocycles. The fourth-order valence-electron chi connectivity index (χ4n) is 2.29. The second-order valence-corrected chi connectivity index (χ2v) is 5.75. The van der Waals surface area contributed by atoms with E-state index >= 15 is 0 Å². The van der Waals surface area contributed by atoms with Crippen molar-refractivity contribution in [3.63, 3.8) is 0 Å². The highest BCUT2D eigenvalue weighted by Gasteiger charge is 2.18. The molecule has 0 saturated heterocycles. The van der Waals surface area contributed by atoms with Crippen LogP contribution < -0.4 is 5.32 Å². The minimum Gasteiger partial charge on any atom is -0.376 e. The van der Waals surface area contributed by atoms with Crippen LogP contribution in [-0.2, 0) is 24.2 Å². The zero-order valence-electron chi connectivity index (χ0n) is 11.8. The summed E-state index contributed by atoms with van der Waals surface area (Å²) in [5.74, 6) is 1.76. The minimum absolute atomic E-state index is 0.605. The van der Waals surface area contributed by atoms with E-state index in [1.54, 1.807) is 11.3 Å². The number of aromatic nitrogens is 3. The van der Waals surface area contributed by atoms with Gasteiger partial charge >= 0.3 is 0 Å². The SMILES string of the molecule is CCNc1nc(Cc2nc(C)cs2)nc2c1COCC2. The van der Waals surface area contributed by atoms with Gasteiger partial charge < -0.3 is 10.1 Å². The lowest BCUT2D eigenvalue weighted by atomic mass is 10.1. The Morgan fingerprint density at radius 3 is 3.00 bits per heavy atom. The summed E-state index contributed by atoms with van der Waals surface area (Å²) in [6.07, 6.45) is 1.56. The van der Waals surface area contributed by atoms with Gasteiger partial charge in [-0.2, -0.15) is 0 Å². The van der Waals surface area contributed by atoms with Crippen molar-refractivity contribution in [1.29, 1.82) is 0 Å². The molecule has 1 N–H and O–H groups in total. The van der Waals surface area contributed by atoms with Crippen LogP contribution in [0.3, 0.4) is 0 Å². The Morgan fingerprint density at radius 2 is 2.25 bits per heavy atom. The average molecular weight is 290 g/mol. The van der Waals surface area contributed by atoms with Crippen LogP contribution >= 0.6 is 11.3 Å². The Balaban J connectivity index is 1.92. The van der Waals surface area contributed by atoms with Crippen LogP contribution in [0.2, 0.25) is 0 Å². The average Bonchev–Trinajstić information content (AvgIpc) is 2.84. The van der Waals surface area contributed by atoms with Crippen molar-refractivity contribution in [2.24, 2.45) is 0 Å². The summed E-state index contributed by atoms with van der Waals surface area (Å²) in [6, 6.07) is 0. The van der Waals surface area contributed by atoms with Gasteiger partial charge in [-0.3, -0.25) is 0 Å². The third kappa shape index (κ3) is 2.81. The van der Waals surface area contributed by atoms with Crippen LogP contribution in [0.5, 0.6) is 0 Å². The van der Waals surface area contributed by atoms with E-state index in [1.807, 2.05) is 6.92 Å². The molecule has 0 aromatic carbocycles. The van der Waals surface area contributed by atoms with E-state index in [-0.39, 0.29) is 0 Å². The van der Waals surface area contributed by atoms with Gasteiger partial charge in [0.15, 0.2) is 0 Å². The number of rotatable bonds is 4. The molecule has 6 heteroatoms. The zero-order valence-corrected chi connectivity index (χ0v) is 12.6. The highest BCUT2D eigenvalue weighted by molar-refractivity contribution is 7.09. The molecule has 1 aliphatic rings. The molecule has 0 fully saturated rings. The molecule has 0 atom stereocenters. The molecule has 0 amide bonds. The highest BCUT2D eigenvalue weighted by Crippen LogP contribution is 2.23. The molecule has 0 bridgehead atoms. The summed E-state index contributed by atoms with van der Waals surface area (Å²) < 4.78 is 5.51. The van der Waals surface area contributed by atoms with Crippen LogP contribution in [0.25, 0.3) is 0 Å². The first-order chi connectivity index (χ1) is 9.76. The van der Waals surface area contributed by atoms with E-state index in [1.165, 1.54) is 0 Å². The van der Waals surface area contributed by atoms with Crippen LogP contribution in [0.1, 0.15) is 34.7 Å². The van der Waals surface area contributed by atoms with Crippen molar-refractivity contribution < 1.29 is 4.74 Å². The summed E-state index contributed by atoms with van der Waals surface area (Å²) in [7, 11) is 0. The van der Waals surface area contributed by atoms with Crippen molar-refractivity contribution in [3.05, 3.63) is 33.2 Å². The van der Waals surface area contributed by atoms with E-state index in [2.05, 4.69) is 27.6 Å². The van der Waals surface area contributed by atoms with Gasteiger partial charge in [0.1, 0.15) is 16.6 Å². The minimum atomic E-state index is 0.605. The Labute approximate surface area is 122 Å². The molecule has 0 spiro atoms. The Bertz CT molecular complexity index is 611. The smallest absolute Gasteiger partial charge is 0.137 e. The number of ether oxygens (including phenoxy) is 1. The Kier molecular flexibility index (Phi) is 3.93. The molecule has 3 rings (SSSR count). The van der Waals surface area contributed by atoms with E-state index in [4.69, 9.17) is 9.72 Å². The van der Waals surface area contributed by atoms with Crippen molar-refractivity contribution in [2.45, 2.75) is 33.3 Å². The van der Waals surface area contributed by atoms with Crippen molar-refractivity contribution in [1.82, 2.24) is 15.0 Å². The van der Waals surface area contributed by atoms with Crippen LogP contribution in [-0.4, -0.2) is 28.1 Å². The van der Waals surface area contributed by atoms with Crippen LogP contribution in [0.4, 0.5) is 5.82 Å². The van der Waals surface area contributed by atoms with Gasteiger partial charge in [0.05, 0.1) is 25.3 Å². The first kappa shape index (κ1) is 13.5. The van der Waals surface area contributed by atoms with Crippen molar-refractivity contribution in [3.8, 4) is 0 Å². The molecule has 0 aliphatic carbocycles. The number of anilines is 1. The third-order valence-electron chi connectivity index (χ3n) is 3.19. The number of hydrogen-bond acceptors (Lipinski definition) is 6. The van der Waals surface area contributed by atoms with Crippen LogP contribution in [0.15, 0.2) is 5.38 Å². The predicted octanol–water partition coefficient (Wildman–Crippen LogP) is 2.34. The Hall–Kier alpha value is -1.53. The van der Waals surface area contributed by atoms with E-state index in [0.29, 0.717) is 13.0 Å². The standard InChI is InChI=1S/C14H18N4OS/c1-3-15-14-10-7-19-5-4-11(10)17-12(18-14)6-13-16-9(2)8-20-13/h8H,3-7H2,1-2H3,(H,15,17,18). The molecule has 5 nitrogen and oxygen atoms in total. The molecule has 1 aliphatic heterocycles. The molecular weight excluding hydrogens is 272 g/mol. The molecule has 0 saturated carbocycles. The van der Waals surface area contributed by atoms with Gasteiger partial charge in [-0.15, -0.1) is 11.3 Å². The third-order valence-corrected chi connectivity index (χ3v) is 4.16. The normalized spacial score (nSPS) is 14.1. The molecular formula is C14H18N4OS. The number of nitrogens with one attached hydrogen (secondary N) is 1. The van der Waals surface area contributed by atoms with E-state index in [9.17, 15) is 0 Å². The van der Waals surface area contributed by atoms with Crippen LogP contribution in [0, 0.1) is 6.92 Å². The summed E-state index contributed by atoms with van der Waals surface area (Å²) in [5.41, 5.74) is 3.28. The highest BCUT2D eigenvalue weighted by atomic mass is 32.1. The summed E-state index contributed by atoms with van der Waals surface area (Å²) in [4.78, 5) is 13.8. The predicted molar refractivity (Wildman–Crippen MR) is 79.2 cm³/mol. The lowest BCUT2D eigenvalue weighted by Crippen LogP contribution is -2.18. The maximum Gasteiger partial charge on any atom is 0.137 e. The summed E-state index contributed by atoms with van der Waals surface area (Å²) in [6.45, 7) is 6.27.